The van der Waals surface area contributed by atoms with E-state index in [0.717, 1.165) is 6.54 Å². The topological polar surface area (TPSA) is 7.12 Å². The lowest BCUT2D eigenvalue weighted by Crippen LogP contribution is -2.34. The highest BCUT2D eigenvalue weighted by atomic mass is 32.2. The van der Waals surface area contributed by atoms with Crippen LogP contribution in [0, 0.1) is 0 Å². The van der Waals surface area contributed by atoms with Gasteiger partial charge in [0.1, 0.15) is 6.54 Å². The predicted octanol–water partition coefficient (Wildman–Crippen LogP) is 6.02. The van der Waals surface area contributed by atoms with Gasteiger partial charge in [-0.2, -0.15) is 4.57 Å². The zero-order chi connectivity index (χ0) is 18.6. The van der Waals surface area contributed by atoms with E-state index in [0.29, 0.717) is 0 Å². The third-order valence-corrected chi connectivity index (χ3v) is 6.18. The van der Waals surface area contributed by atoms with Crippen LogP contribution in [-0.4, -0.2) is 7.05 Å². The second-order valence-electron chi connectivity index (χ2n) is 6.83. The molecule has 0 atom stereocenters. The molecule has 1 aromatic heterocycles. The average Bonchev–Trinajstić information content (AvgIpc) is 3.03. The predicted molar refractivity (Wildman–Crippen MR) is 117 cm³/mol. The number of aryl methyl sites for hydroxylation is 1. The van der Waals surface area contributed by atoms with Gasteiger partial charge in [0, 0.05) is 30.5 Å². The molecule has 136 valence electrons. The van der Waals surface area contributed by atoms with Gasteiger partial charge >= 0.3 is 0 Å². The Morgan fingerprint density at radius 3 is 2.70 bits per heavy atom. The standard InChI is InChI=1S/C24H25N2S/c1-3-4-17-26-18-16-19(20-11-5-6-12-21(20)26)10-9-15-24-25(2)22-13-7-8-14-23(22)27-24/h5-16,18H,3-4,17H2,1-2H3/q+1. The van der Waals surface area contributed by atoms with Crippen LogP contribution in [0.2, 0.25) is 0 Å². The lowest BCUT2D eigenvalue weighted by molar-refractivity contribution is -0.671. The van der Waals surface area contributed by atoms with Crippen molar-refractivity contribution in [3.63, 3.8) is 0 Å². The number of allylic oxidation sites excluding steroid dienone is 2. The number of fused-ring (bicyclic) bond motifs is 2. The molecule has 1 aliphatic heterocycles. The fourth-order valence-electron chi connectivity index (χ4n) is 3.48. The first-order valence-electron chi connectivity index (χ1n) is 9.58. The number of thioether (sulfide) groups is 1. The second kappa shape index (κ2) is 8.01. The minimum atomic E-state index is 1.07. The Balaban J connectivity index is 1.61. The number of rotatable bonds is 5. The van der Waals surface area contributed by atoms with Crippen LogP contribution in [-0.2, 0) is 6.54 Å². The van der Waals surface area contributed by atoms with E-state index in [4.69, 9.17) is 0 Å². The summed E-state index contributed by atoms with van der Waals surface area (Å²) < 4.78 is 2.37. The SMILES string of the molecule is CCCC[n+]1ccc(/C=C/C=C2\Sc3ccccc3N2C)c2ccccc21. The summed E-state index contributed by atoms with van der Waals surface area (Å²) in [6, 6.07) is 19.5. The molecule has 2 aromatic carbocycles. The molecule has 1 aliphatic rings. The van der Waals surface area contributed by atoms with Gasteiger partial charge in [-0.05, 0) is 29.8 Å². The van der Waals surface area contributed by atoms with Crippen LogP contribution in [0.4, 0.5) is 5.69 Å². The number of hydrogen-bond donors (Lipinski definition) is 0. The molecule has 27 heavy (non-hydrogen) atoms. The number of pyridine rings is 1. The Bertz CT molecular complexity index is 1020. The quantitative estimate of drug-likeness (QED) is 0.505. The fraction of sp³-hybridized carbons (Fsp3) is 0.208. The number of nitrogens with zero attached hydrogens (tertiary/aromatic N) is 2. The van der Waals surface area contributed by atoms with Gasteiger partial charge in [-0.15, -0.1) is 0 Å². The van der Waals surface area contributed by atoms with Crippen molar-refractivity contribution in [2.24, 2.45) is 0 Å². The van der Waals surface area contributed by atoms with Crippen molar-refractivity contribution >= 4 is 34.4 Å². The third kappa shape index (κ3) is 3.65. The molecule has 0 aliphatic carbocycles. The van der Waals surface area contributed by atoms with Gasteiger partial charge in [-0.25, -0.2) is 0 Å². The second-order valence-corrected chi connectivity index (χ2v) is 7.89. The highest BCUT2D eigenvalue weighted by molar-refractivity contribution is 8.03. The smallest absolute Gasteiger partial charge is 0.213 e. The lowest BCUT2D eigenvalue weighted by Gasteiger charge is -2.12. The van der Waals surface area contributed by atoms with E-state index in [9.17, 15) is 0 Å². The van der Waals surface area contributed by atoms with E-state index in [1.807, 2.05) is 11.8 Å². The summed E-state index contributed by atoms with van der Waals surface area (Å²) in [4.78, 5) is 3.58. The van der Waals surface area contributed by atoms with Gasteiger partial charge in [-0.3, -0.25) is 0 Å². The molecule has 0 unspecified atom stereocenters. The maximum absolute atomic E-state index is 2.37. The zero-order valence-electron chi connectivity index (χ0n) is 15.9. The summed E-state index contributed by atoms with van der Waals surface area (Å²) in [5.41, 5.74) is 3.85. The number of benzene rings is 2. The van der Waals surface area contributed by atoms with Crippen LogP contribution in [0.15, 0.2) is 82.9 Å². The first-order chi connectivity index (χ1) is 13.3. The van der Waals surface area contributed by atoms with Crippen LogP contribution >= 0.6 is 11.8 Å². The van der Waals surface area contributed by atoms with E-state index in [2.05, 4.69) is 102 Å². The van der Waals surface area contributed by atoms with Crippen molar-refractivity contribution in [3.05, 3.63) is 83.5 Å². The molecule has 2 nitrogen and oxygen atoms in total. The van der Waals surface area contributed by atoms with E-state index in [-0.39, 0.29) is 0 Å². The summed E-state index contributed by atoms with van der Waals surface area (Å²) in [7, 11) is 2.13. The van der Waals surface area contributed by atoms with Gasteiger partial charge in [0.05, 0.1) is 16.1 Å². The molecule has 3 heteroatoms. The normalized spacial score (nSPS) is 15.2. The first-order valence-corrected chi connectivity index (χ1v) is 10.4. The molecule has 0 spiro atoms. The molecule has 0 bridgehead atoms. The molecule has 0 N–H and O–H groups in total. The largest absolute Gasteiger partial charge is 0.338 e. The molecular formula is C24H25N2S+. The number of hydrogen-bond acceptors (Lipinski definition) is 2. The van der Waals surface area contributed by atoms with Gasteiger partial charge in [0.25, 0.3) is 0 Å². The molecular weight excluding hydrogens is 348 g/mol. The Hall–Kier alpha value is -2.52. The van der Waals surface area contributed by atoms with Gasteiger partial charge in [-0.1, -0.05) is 61.5 Å². The summed E-state index contributed by atoms with van der Waals surface area (Å²) >= 11 is 1.83. The van der Waals surface area contributed by atoms with Crippen LogP contribution < -0.4 is 9.47 Å². The zero-order valence-corrected chi connectivity index (χ0v) is 16.7. The summed E-state index contributed by atoms with van der Waals surface area (Å²) in [5.74, 6) is 0. The molecule has 0 saturated carbocycles. The number of unbranched alkanes of at least 4 members (excludes halogenated alkanes) is 1. The average molecular weight is 374 g/mol. The highest BCUT2D eigenvalue weighted by Crippen LogP contribution is 2.44. The van der Waals surface area contributed by atoms with Crippen LogP contribution in [0.25, 0.3) is 17.0 Å². The monoisotopic (exact) mass is 373 g/mol. The van der Waals surface area contributed by atoms with Crippen molar-refractivity contribution in [3.8, 4) is 0 Å². The van der Waals surface area contributed by atoms with Crippen molar-refractivity contribution < 1.29 is 4.57 Å². The number of para-hydroxylation sites is 2. The Morgan fingerprint density at radius 2 is 1.85 bits per heavy atom. The number of anilines is 1. The molecule has 0 radical (unpaired) electrons. The molecule has 4 rings (SSSR count). The number of aromatic nitrogens is 1. The van der Waals surface area contributed by atoms with Crippen molar-refractivity contribution in [1.82, 2.24) is 0 Å². The lowest BCUT2D eigenvalue weighted by atomic mass is 10.1. The first kappa shape index (κ1) is 17.9. The minimum absolute atomic E-state index is 1.07. The molecule has 0 saturated heterocycles. The summed E-state index contributed by atoms with van der Waals surface area (Å²) in [5, 5.41) is 2.56. The molecule has 2 heterocycles. The maximum atomic E-state index is 2.37. The van der Waals surface area contributed by atoms with E-state index in [1.165, 1.54) is 44.9 Å². The Kier molecular flexibility index (Phi) is 5.30. The van der Waals surface area contributed by atoms with Crippen molar-refractivity contribution in [1.29, 1.82) is 0 Å². The van der Waals surface area contributed by atoms with Crippen LogP contribution in [0.3, 0.4) is 0 Å². The third-order valence-electron chi connectivity index (χ3n) is 5.00. The van der Waals surface area contributed by atoms with E-state index in [1.54, 1.807) is 0 Å². The Morgan fingerprint density at radius 1 is 1.04 bits per heavy atom. The molecule has 3 aromatic rings. The molecule has 0 amide bonds. The van der Waals surface area contributed by atoms with Crippen LogP contribution in [0.1, 0.15) is 25.3 Å². The summed E-state index contributed by atoms with van der Waals surface area (Å²) in [6.07, 6.45) is 11.2. The van der Waals surface area contributed by atoms with Crippen molar-refractivity contribution in [2.45, 2.75) is 31.2 Å². The van der Waals surface area contributed by atoms with E-state index < -0.39 is 0 Å². The van der Waals surface area contributed by atoms with Gasteiger partial charge < -0.3 is 4.90 Å². The van der Waals surface area contributed by atoms with Crippen LogP contribution in [0.5, 0.6) is 0 Å². The van der Waals surface area contributed by atoms with Crippen molar-refractivity contribution in [2.75, 3.05) is 11.9 Å². The minimum Gasteiger partial charge on any atom is -0.338 e. The van der Waals surface area contributed by atoms with Gasteiger partial charge in [0.2, 0.25) is 5.52 Å². The highest BCUT2D eigenvalue weighted by Gasteiger charge is 2.20. The maximum Gasteiger partial charge on any atom is 0.213 e. The molecule has 0 fully saturated rings. The Labute approximate surface area is 165 Å². The van der Waals surface area contributed by atoms with Gasteiger partial charge in [0.15, 0.2) is 6.20 Å². The van der Waals surface area contributed by atoms with E-state index >= 15 is 0 Å². The summed E-state index contributed by atoms with van der Waals surface area (Å²) in [6.45, 7) is 3.31. The fourth-order valence-corrected chi connectivity index (χ4v) is 4.54.